The number of rotatable bonds is 6. The predicted octanol–water partition coefficient (Wildman–Crippen LogP) is 2.30. The standard InChI is InChI=1S/C19H32N6S/c1-13-11-20-18(26-13)16-10-19(3,4)25-17(22-16)15(12-21-25)14(2)24(7)9-8-23(5)6/h11,16,21-22H,2,8-10,12H2,1,3-7H3. The maximum atomic E-state index is 4.63. The van der Waals surface area contributed by atoms with Gasteiger partial charge in [-0.25, -0.2) is 10.4 Å². The number of fused-ring (bicyclic) bond motifs is 1. The monoisotopic (exact) mass is 376 g/mol. The van der Waals surface area contributed by atoms with E-state index in [4.69, 9.17) is 0 Å². The number of nitrogens with one attached hydrogen (secondary N) is 2. The Hall–Kier alpha value is -1.57. The van der Waals surface area contributed by atoms with E-state index < -0.39 is 0 Å². The Bertz CT molecular complexity index is 705. The van der Waals surface area contributed by atoms with E-state index in [2.05, 4.69) is 79.0 Å². The number of aryl methyl sites for hydroxylation is 1. The van der Waals surface area contributed by atoms with E-state index in [1.165, 1.54) is 15.5 Å². The highest BCUT2D eigenvalue weighted by Gasteiger charge is 2.43. The van der Waals surface area contributed by atoms with E-state index in [1.54, 1.807) is 11.3 Å². The van der Waals surface area contributed by atoms with Gasteiger partial charge in [0.15, 0.2) is 0 Å². The van der Waals surface area contributed by atoms with Crippen LogP contribution in [0.2, 0.25) is 0 Å². The van der Waals surface area contributed by atoms with Crippen molar-refractivity contribution in [1.29, 1.82) is 0 Å². The number of aromatic nitrogens is 1. The summed E-state index contributed by atoms with van der Waals surface area (Å²) in [7, 11) is 6.32. The second-order valence-electron chi connectivity index (χ2n) is 8.19. The molecule has 0 radical (unpaired) electrons. The molecule has 0 bridgehead atoms. The first-order valence-electron chi connectivity index (χ1n) is 9.20. The lowest BCUT2D eigenvalue weighted by Crippen LogP contribution is -2.56. The van der Waals surface area contributed by atoms with Crippen molar-refractivity contribution in [3.63, 3.8) is 0 Å². The van der Waals surface area contributed by atoms with Crippen LogP contribution in [0.3, 0.4) is 0 Å². The summed E-state index contributed by atoms with van der Waals surface area (Å²) in [6.07, 6.45) is 2.98. The summed E-state index contributed by atoms with van der Waals surface area (Å²) in [5.74, 6) is 1.15. The minimum absolute atomic E-state index is 0.00899. The maximum Gasteiger partial charge on any atom is 0.124 e. The Morgan fingerprint density at radius 1 is 1.38 bits per heavy atom. The minimum atomic E-state index is 0.00899. The number of hydrazine groups is 1. The number of likely N-dealkylation sites (N-methyl/N-ethyl adjacent to an activating group) is 2. The number of hydrogen-bond acceptors (Lipinski definition) is 7. The Morgan fingerprint density at radius 3 is 2.73 bits per heavy atom. The summed E-state index contributed by atoms with van der Waals surface area (Å²) >= 11 is 1.78. The average Bonchev–Trinajstić information content (AvgIpc) is 3.18. The van der Waals surface area contributed by atoms with E-state index in [1.807, 2.05) is 6.20 Å². The topological polar surface area (TPSA) is 46.7 Å². The van der Waals surface area contributed by atoms with Gasteiger partial charge < -0.3 is 15.1 Å². The third-order valence-corrected chi connectivity index (χ3v) is 6.20. The van der Waals surface area contributed by atoms with Crippen LogP contribution in [0.25, 0.3) is 0 Å². The van der Waals surface area contributed by atoms with Gasteiger partial charge in [-0.05, 0) is 41.3 Å². The summed E-state index contributed by atoms with van der Waals surface area (Å²) in [4.78, 5) is 10.3. The van der Waals surface area contributed by atoms with Gasteiger partial charge in [0, 0.05) is 49.0 Å². The summed E-state index contributed by atoms with van der Waals surface area (Å²) in [5, 5.41) is 7.19. The lowest BCUT2D eigenvalue weighted by molar-refractivity contribution is 0.0610. The van der Waals surface area contributed by atoms with Crippen LogP contribution in [0.5, 0.6) is 0 Å². The molecule has 1 unspecified atom stereocenters. The normalized spacial score (nSPS) is 21.8. The van der Waals surface area contributed by atoms with Crippen molar-refractivity contribution in [2.24, 2.45) is 0 Å². The molecule has 1 atom stereocenters. The quantitative estimate of drug-likeness (QED) is 0.794. The van der Waals surface area contributed by atoms with Crippen LogP contribution in [-0.2, 0) is 0 Å². The Balaban J connectivity index is 1.85. The Morgan fingerprint density at radius 2 is 2.12 bits per heavy atom. The van der Waals surface area contributed by atoms with Crippen molar-refractivity contribution >= 4 is 11.3 Å². The second kappa shape index (κ2) is 7.21. The number of nitrogens with zero attached hydrogens (tertiary/aromatic N) is 4. The van der Waals surface area contributed by atoms with Crippen LogP contribution >= 0.6 is 11.3 Å². The van der Waals surface area contributed by atoms with Crippen molar-refractivity contribution in [3.8, 4) is 0 Å². The van der Waals surface area contributed by atoms with Gasteiger partial charge in [-0.2, -0.15) is 0 Å². The van der Waals surface area contributed by atoms with Gasteiger partial charge in [0.1, 0.15) is 10.8 Å². The van der Waals surface area contributed by atoms with Crippen molar-refractivity contribution in [1.82, 2.24) is 30.5 Å². The maximum absolute atomic E-state index is 4.63. The molecule has 3 heterocycles. The molecular formula is C19H32N6S. The first-order valence-corrected chi connectivity index (χ1v) is 10.0. The van der Waals surface area contributed by atoms with Gasteiger partial charge in [-0.15, -0.1) is 11.3 Å². The van der Waals surface area contributed by atoms with Crippen LogP contribution in [0, 0.1) is 6.92 Å². The summed E-state index contributed by atoms with van der Waals surface area (Å²) in [6, 6.07) is 0.240. The van der Waals surface area contributed by atoms with Crippen LogP contribution in [0.4, 0.5) is 0 Å². The molecule has 0 aromatic carbocycles. The molecule has 0 aliphatic carbocycles. The van der Waals surface area contributed by atoms with Gasteiger partial charge in [0.2, 0.25) is 0 Å². The van der Waals surface area contributed by atoms with Gasteiger partial charge in [0.05, 0.1) is 11.6 Å². The highest BCUT2D eigenvalue weighted by molar-refractivity contribution is 7.11. The highest BCUT2D eigenvalue weighted by Crippen LogP contribution is 2.39. The van der Waals surface area contributed by atoms with Gasteiger partial charge in [-0.1, -0.05) is 6.58 Å². The van der Waals surface area contributed by atoms with E-state index in [-0.39, 0.29) is 11.6 Å². The summed E-state index contributed by atoms with van der Waals surface area (Å²) < 4.78 is 0. The molecule has 6 nitrogen and oxygen atoms in total. The van der Waals surface area contributed by atoms with Crippen molar-refractivity contribution in [3.05, 3.63) is 39.8 Å². The fourth-order valence-electron chi connectivity index (χ4n) is 3.57. The van der Waals surface area contributed by atoms with Gasteiger partial charge >= 0.3 is 0 Å². The molecule has 1 saturated heterocycles. The van der Waals surface area contributed by atoms with Crippen molar-refractivity contribution in [2.45, 2.75) is 38.8 Å². The molecule has 2 aliphatic rings. The molecule has 7 heteroatoms. The van der Waals surface area contributed by atoms with Crippen molar-refractivity contribution < 1.29 is 0 Å². The fourth-order valence-corrected chi connectivity index (χ4v) is 4.39. The molecule has 1 fully saturated rings. The minimum Gasteiger partial charge on any atom is -0.373 e. The SMILES string of the molecule is C=C(C1=C2NC(c3ncc(C)s3)CC(C)(C)N2NC1)N(C)CCN(C)C. The lowest BCUT2D eigenvalue weighted by Gasteiger charge is -2.46. The van der Waals surface area contributed by atoms with Gasteiger partial charge in [-0.3, -0.25) is 5.01 Å². The molecule has 1 aromatic rings. The molecule has 1 aromatic heterocycles. The third kappa shape index (κ3) is 3.75. The van der Waals surface area contributed by atoms with Crippen LogP contribution in [0.1, 0.15) is 36.2 Å². The van der Waals surface area contributed by atoms with Gasteiger partial charge in [0.25, 0.3) is 0 Å². The lowest BCUT2D eigenvalue weighted by atomic mass is 9.91. The molecular weight excluding hydrogens is 344 g/mol. The van der Waals surface area contributed by atoms with E-state index in [0.29, 0.717) is 0 Å². The summed E-state index contributed by atoms with van der Waals surface area (Å²) in [6.45, 7) is 13.9. The number of thiazole rings is 1. The molecule has 2 N–H and O–H groups in total. The predicted molar refractivity (Wildman–Crippen MR) is 109 cm³/mol. The number of hydrogen-bond donors (Lipinski definition) is 2. The molecule has 26 heavy (non-hydrogen) atoms. The van der Waals surface area contributed by atoms with E-state index >= 15 is 0 Å². The first-order chi connectivity index (χ1) is 12.2. The van der Waals surface area contributed by atoms with Crippen LogP contribution in [-0.4, -0.2) is 66.1 Å². The van der Waals surface area contributed by atoms with E-state index in [9.17, 15) is 0 Å². The molecule has 0 saturated carbocycles. The second-order valence-corrected chi connectivity index (χ2v) is 9.46. The fraction of sp³-hybridized carbons (Fsp3) is 0.632. The molecule has 3 rings (SSSR count). The zero-order valence-corrected chi connectivity index (χ0v) is 17.7. The molecule has 0 spiro atoms. The highest BCUT2D eigenvalue weighted by atomic mass is 32.1. The Kier molecular flexibility index (Phi) is 5.33. The largest absolute Gasteiger partial charge is 0.373 e. The summed E-state index contributed by atoms with van der Waals surface area (Å²) in [5.41, 5.74) is 5.89. The molecule has 2 aliphatic heterocycles. The molecule has 0 amide bonds. The smallest absolute Gasteiger partial charge is 0.124 e. The van der Waals surface area contributed by atoms with Crippen LogP contribution in [0.15, 0.2) is 29.9 Å². The zero-order chi connectivity index (χ0) is 19.1. The average molecular weight is 377 g/mol. The Labute approximate surface area is 161 Å². The zero-order valence-electron chi connectivity index (χ0n) is 16.9. The first kappa shape index (κ1) is 19.2. The third-order valence-electron chi connectivity index (χ3n) is 5.17. The van der Waals surface area contributed by atoms with Crippen molar-refractivity contribution in [2.75, 3.05) is 40.8 Å². The van der Waals surface area contributed by atoms with E-state index in [0.717, 1.165) is 37.6 Å². The molecule has 144 valence electrons. The van der Waals surface area contributed by atoms with Crippen LogP contribution < -0.4 is 10.7 Å².